The standard InChI is InChI=1S/C22H27N3O6/c1-11(2)31-21(27)15-12(3)23-19-17(20(26)25(5)22(28)24(19)4)16(15)13-9-8-10-14(29-6)18(13)30-7/h8-11,16,23H,1-7H3. The molecule has 31 heavy (non-hydrogen) atoms. The monoisotopic (exact) mass is 429 g/mol. The van der Waals surface area contributed by atoms with Gasteiger partial charge in [0.15, 0.2) is 11.5 Å². The SMILES string of the molecule is COc1cccc(C2C(C(=O)OC(C)C)=C(C)Nc3c2c(=O)n(C)c(=O)n3C)c1OC. The number of rotatable bonds is 5. The summed E-state index contributed by atoms with van der Waals surface area (Å²) in [6, 6.07) is 5.25. The number of benzene rings is 1. The fraction of sp³-hybridized carbons (Fsp3) is 0.409. The Labute approximate surface area is 179 Å². The van der Waals surface area contributed by atoms with Gasteiger partial charge in [0.25, 0.3) is 5.56 Å². The number of carbonyl (C=O) groups excluding carboxylic acids is 1. The van der Waals surface area contributed by atoms with Crippen LogP contribution in [-0.4, -0.2) is 35.4 Å². The second kappa shape index (κ2) is 8.33. The van der Waals surface area contributed by atoms with Gasteiger partial charge in [-0.3, -0.25) is 13.9 Å². The van der Waals surface area contributed by atoms with E-state index in [1.165, 1.54) is 25.8 Å². The first kappa shape index (κ1) is 22.2. The highest BCUT2D eigenvalue weighted by molar-refractivity contribution is 5.94. The molecule has 1 unspecified atom stereocenters. The van der Waals surface area contributed by atoms with Gasteiger partial charge in [-0.15, -0.1) is 0 Å². The van der Waals surface area contributed by atoms with Crippen LogP contribution in [-0.2, 0) is 23.6 Å². The number of esters is 1. The van der Waals surface area contributed by atoms with Crippen molar-refractivity contribution in [2.24, 2.45) is 14.1 Å². The van der Waals surface area contributed by atoms with E-state index in [1.54, 1.807) is 46.0 Å². The van der Waals surface area contributed by atoms with E-state index < -0.39 is 23.1 Å². The molecule has 1 aromatic heterocycles. The number of nitrogens with zero attached hydrogens (tertiary/aromatic N) is 2. The van der Waals surface area contributed by atoms with Crippen molar-refractivity contribution in [3.63, 3.8) is 0 Å². The molecule has 0 radical (unpaired) electrons. The number of nitrogens with one attached hydrogen (secondary N) is 1. The third-order valence-corrected chi connectivity index (χ3v) is 5.29. The molecule has 0 spiro atoms. The number of anilines is 1. The van der Waals surface area contributed by atoms with E-state index in [4.69, 9.17) is 14.2 Å². The molecule has 0 aliphatic carbocycles. The van der Waals surface area contributed by atoms with Crippen molar-refractivity contribution in [3.8, 4) is 11.5 Å². The quantitative estimate of drug-likeness (QED) is 0.725. The second-order valence-electron chi connectivity index (χ2n) is 7.60. The normalized spacial score (nSPS) is 15.4. The van der Waals surface area contributed by atoms with Crippen molar-refractivity contribution in [2.45, 2.75) is 32.8 Å². The lowest BCUT2D eigenvalue weighted by Gasteiger charge is -2.32. The van der Waals surface area contributed by atoms with Crippen molar-refractivity contribution in [1.29, 1.82) is 0 Å². The topological polar surface area (TPSA) is 101 Å². The summed E-state index contributed by atoms with van der Waals surface area (Å²) in [6.45, 7) is 5.21. The van der Waals surface area contributed by atoms with Gasteiger partial charge in [0.05, 0.1) is 37.4 Å². The van der Waals surface area contributed by atoms with Crippen LogP contribution in [0.5, 0.6) is 11.5 Å². The molecular formula is C22H27N3O6. The van der Waals surface area contributed by atoms with Crippen LogP contribution in [0.25, 0.3) is 0 Å². The molecule has 1 aliphatic rings. The summed E-state index contributed by atoms with van der Waals surface area (Å²) in [5.74, 6) is -0.228. The summed E-state index contributed by atoms with van der Waals surface area (Å²) in [6.07, 6.45) is -0.356. The summed E-state index contributed by atoms with van der Waals surface area (Å²) >= 11 is 0. The van der Waals surface area contributed by atoms with Crippen molar-refractivity contribution in [2.75, 3.05) is 19.5 Å². The highest BCUT2D eigenvalue weighted by atomic mass is 16.5. The maximum atomic E-state index is 13.3. The average molecular weight is 429 g/mol. The summed E-state index contributed by atoms with van der Waals surface area (Å²) in [5.41, 5.74) is 0.559. The number of hydrogen-bond donors (Lipinski definition) is 1. The first-order valence-electron chi connectivity index (χ1n) is 9.83. The van der Waals surface area contributed by atoms with Gasteiger partial charge in [-0.25, -0.2) is 9.59 Å². The molecule has 1 aromatic carbocycles. The Morgan fingerprint density at radius 3 is 2.35 bits per heavy atom. The molecule has 9 nitrogen and oxygen atoms in total. The Hall–Kier alpha value is -3.49. The number of hydrogen-bond acceptors (Lipinski definition) is 7. The molecule has 0 fully saturated rings. The van der Waals surface area contributed by atoms with Gasteiger partial charge < -0.3 is 19.5 Å². The van der Waals surface area contributed by atoms with Gasteiger partial charge in [0.2, 0.25) is 0 Å². The van der Waals surface area contributed by atoms with E-state index in [1.807, 2.05) is 0 Å². The smallest absolute Gasteiger partial charge is 0.337 e. The van der Waals surface area contributed by atoms with Gasteiger partial charge in [-0.2, -0.15) is 0 Å². The lowest BCUT2D eigenvalue weighted by molar-refractivity contribution is -0.143. The maximum absolute atomic E-state index is 13.3. The third-order valence-electron chi connectivity index (χ3n) is 5.29. The van der Waals surface area contributed by atoms with E-state index in [9.17, 15) is 14.4 Å². The molecule has 1 atom stereocenters. The molecule has 3 rings (SSSR count). The summed E-state index contributed by atoms with van der Waals surface area (Å²) in [7, 11) is 5.97. The lowest BCUT2D eigenvalue weighted by Crippen LogP contribution is -2.43. The molecule has 9 heteroatoms. The van der Waals surface area contributed by atoms with E-state index >= 15 is 0 Å². The van der Waals surface area contributed by atoms with Gasteiger partial charge in [-0.1, -0.05) is 12.1 Å². The molecule has 1 N–H and O–H groups in total. The highest BCUT2D eigenvalue weighted by Crippen LogP contribution is 2.45. The van der Waals surface area contributed by atoms with Crippen molar-refractivity contribution < 1.29 is 19.0 Å². The fourth-order valence-corrected chi connectivity index (χ4v) is 3.89. The number of ether oxygens (including phenoxy) is 3. The second-order valence-corrected chi connectivity index (χ2v) is 7.60. The third kappa shape index (κ3) is 3.60. The van der Waals surface area contributed by atoms with E-state index in [2.05, 4.69) is 5.32 Å². The molecule has 1 aliphatic heterocycles. The zero-order chi connectivity index (χ0) is 23.0. The predicted octanol–water partition coefficient (Wildman–Crippen LogP) is 1.88. The molecular weight excluding hydrogens is 402 g/mol. The van der Waals surface area contributed by atoms with Gasteiger partial charge in [0.1, 0.15) is 5.82 Å². The summed E-state index contributed by atoms with van der Waals surface area (Å²) in [5, 5.41) is 3.06. The maximum Gasteiger partial charge on any atom is 0.337 e. The molecule has 2 heterocycles. The van der Waals surface area contributed by atoms with Gasteiger partial charge in [0, 0.05) is 25.4 Å². The minimum absolute atomic E-state index is 0.248. The molecule has 0 saturated carbocycles. The fourth-order valence-electron chi connectivity index (χ4n) is 3.89. The summed E-state index contributed by atoms with van der Waals surface area (Å²) in [4.78, 5) is 39.0. The van der Waals surface area contributed by atoms with Crippen molar-refractivity contribution in [1.82, 2.24) is 9.13 Å². The van der Waals surface area contributed by atoms with E-state index in [0.29, 0.717) is 28.6 Å². The Bertz CT molecular complexity index is 1190. The van der Waals surface area contributed by atoms with Crippen LogP contribution in [0.4, 0.5) is 5.82 Å². The predicted molar refractivity (Wildman–Crippen MR) is 116 cm³/mol. The number of aromatic nitrogens is 2. The Balaban J connectivity index is 2.44. The molecule has 0 amide bonds. The van der Waals surface area contributed by atoms with Gasteiger partial charge >= 0.3 is 11.7 Å². The number of allylic oxidation sites excluding steroid dienone is 1. The largest absolute Gasteiger partial charge is 0.493 e. The zero-order valence-electron chi connectivity index (χ0n) is 18.7. The number of carbonyl (C=O) groups is 1. The highest BCUT2D eigenvalue weighted by Gasteiger charge is 2.39. The van der Waals surface area contributed by atoms with Crippen LogP contribution in [0.1, 0.15) is 37.8 Å². The van der Waals surface area contributed by atoms with Crippen molar-refractivity contribution in [3.05, 3.63) is 61.4 Å². The van der Waals surface area contributed by atoms with Crippen LogP contribution in [0, 0.1) is 0 Å². The summed E-state index contributed by atoms with van der Waals surface area (Å²) < 4.78 is 18.9. The number of para-hydroxylation sites is 1. The van der Waals surface area contributed by atoms with E-state index in [0.717, 1.165) is 4.57 Å². The Morgan fingerprint density at radius 2 is 1.77 bits per heavy atom. The number of methoxy groups -OCH3 is 2. The Morgan fingerprint density at radius 1 is 1.10 bits per heavy atom. The molecule has 0 bridgehead atoms. The minimum Gasteiger partial charge on any atom is -0.493 e. The average Bonchev–Trinajstić information content (AvgIpc) is 2.73. The van der Waals surface area contributed by atoms with Crippen LogP contribution >= 0.6 is 0 Å². The lowest BCUT2D eigenvalue weighted by atomic mass is 9.81. The van der Waals surface area contributed by atoms with Crippen LogP contribution in [0.3, 0.4) is 0 Å². The minimum atomic E-state index is -0.835. The molecule has 166 valence electrons. The van der Waals surface area contributed by atoms with Crippen LogP contribution in [0.2, 0.25) is 0 Å². The van der Waals surface area contributed by atoms with Crippen LogP contribution < -0.4 is 26.0 Å². The molecule has 2 aromatic rings. The zero-order valence-corrected chi connectivity index (χ0v) is 18.7. The van der Waals surface area contributed by atoms with E-state index in [-0.39, 0.29) is 17.2 Å². The molecule has 0 saturated heterocycles. The number of fused-ring (bicyclic) bond motifs is 1. The first-order valence-corrected chi connectivity index (χ1v) is 9.83. The van der Waals surface area contributed by atoms with Gasteiger partial charge in [-0.05, 0) is 26.8 Å². The Kier molecular flexibility index (Phi) is 5.97. The first-order chi connectivity index (χ1) is 14.6. The van der Waals surface area contributed by atoms with Crippen molar-refractivity contribution >= 4 is 11.8 Å². The van der Waals surface area contributed by atoms with Crippen LogP contribution in [0.15, 0.2) is 39.1 Å².